The summed E-state index contributed by atoms with van der Waals surface area (Å²) in [7, 11) is 0. The molecule has 0 rings (SSSR count). The molecule has 0 aliphatic heterocycles. The second-order valence-corrected chi connectivity index (χ2v) is 1.98. The maximum atomic E-state index is 8.22. The van der Waals surface area contributed by atoms with Crippen LogP contribution in [0.25, 0.3) is 0 Å². The van der Waals surface area contributed by atoms with Crippen LogP contribution < -0.4 is 11.0 Å². The van der Waals surface area contributed by atoms with Crippen molar-refractivity contribution in [3.8, 4) is 0 Å². The molecule has 4 N–H and O–H groups in total. The number of nitrogens with one attached hydrogen (secondary N) is 2. The van der Waals surface area contributed by atoms with Crippen LogP contribution in [0.2, 0.25) is 0 Å². The first kappa shape index (κ1) is 7.84. The maximum absolute atomic E-state index is 8.22. The first-order valence-electron chi connectivity index (χ1n) is 2.51. The third-order valence-electron chi connectivity index (χ3n) is 0.945. The standard InChI is InChI=1S/C4H12N2O2/c1-3(2)4(5-7)6-8/h3-8H,1-2H3. The van der Waals surface area contributed by atoms with Crippen molar-refractivity contribution < 1.29 is 10.4 Å². The van der Waals surface area contributed by atoms with E-state index in [4.69, 9.17) is 10.4 Å². The van der Waals surface area contributed by atoms with Crippen LogP contribution in [0.3, 0.4) is 0 Å². The van der Waals surface area contributed by atoms with Crippen molar-refractivity contribution in [2.75, 3.05) is 0 Å². The maximum Gasteiger partial charge on any atom is 0.106 e. The lowest BCUT2D eigenvalue weighted by atomic mass is 10.2. The highest BCUT2D eigenvalue weighted by atomic mass is 16.5. The Balaban J connectivity index is 3.35. The van der Waals surface area contributed by atoms with Gasteiger partial charge < -0.3 is 10.4 Å². The number of hydrogen-bond donors (Lipinski definition) is 4. The van der Waals surface area contributed by atoms with E-state index < -0.39 is 6.17 Å². The van der Waals surface area contributed by atoms with E-state index in [1.807, 2.05) is 24.8 Å². The fraction of sp³-hybridized carbons (Fsp3) is 1.00. The molecule has 0 aromatic heterocycles. The molecule has 0 aromatic rings. The highest BCUT2D eigenvalue weighted by Crippen LogP contribution is 1.94. The third kappa shape index (κ3) is 2.23. The molecule has 0 aliphatic rings. The minimum Gasteiger partial charge on any atom is -0.315 e. The van der Waals surface area contributed by atoms with Gasteiger partial charge in [0.05, 0.1) is 0 Å². The number of hydroxylamine groups is 2. The first-order valence-corrected chi connectivity index (χ1v) is 2.51. The highest BCUT2D eigenvalue weighted by molar-refractivity contribution is 4.56. The third-order valence-corrected chi connectivity index (χ3v) is 0.945. The Morgan fingerprint density at radius 3 is 1.50 bits per heavy atom. The Morgan fingerprint density at radius 2 is 1.50 bits per heavy atom. The fourth-order valence-electron chi connectivity index (χ4n) is 0.327. The van der Waals surface area contributed by atoms with Crippen LogP contribution in [0.1, 0.15) is 13.8 Å². The Labute approximate surface area is 48.4 Å². The molecule has 0 aromatic carbocycles. The molecule has 0 amide bonds. The van der Waals surface area contributed by atoms with Crippen LogP contribution in [0.5, 0.6) is 0 Å². The van der Waals surface area contributed by atoms with Gasteiger partial charge in [0.1, 0.15) is 6.17 Å². The average Bonchev–Trinajstić information content (AvgIpc) is 1.69. The second-order valence-electron chi connectivity index (χ2n) is 1.98. The van der Waals surface area contributed by atoms with E-state index >= 15 is 0 Å². The van der Waals surface area contributed by atoms with Crippen LogP contribution in [-0.4, -0.2) is 16.6 Å². The largest absolute Gasteiger partial charge is 0.315 e. The molecular formula is C4H12N2O2. The molecule has 8 heavy (non-hydrogen) atoms. The van der Waals surface area contributed by atoms with Gasteiger partial charge in [-0.2, -0.15) is 11.0 Å². The van der Waals surface area contributed by atoms with E-state index in [0.717, 1.165) is 0 Å². The molecule has 0 saturated heterocycles. The lowest BCUT2D eigenvalue weighted by Crippen LogP contribution is -2.42. The van der Waals surface area contributed by atoms with Gasteiger partial charge in [-0.15, -0.1) is 0 Å². The lowest BCUT2D eigenvalue weighted by molar-refractivity contribution is 0.00573. The molecule has 0 spiro atoms. The van der Waals surface area contributed by atoms with Crippen molar-refractivity contribution in [3.63, 3.8) is 0 Å². The van der Waals surface area contributed by atoms with E-state index in [0.29, 0.717) is 0 Å². The lowest BCUT2D eigenvalue weighted by Gasteiger charge is -2.15. The molecule has 0 bridgehead atoms. The van der Waals surface area contributed by atoms with Crippen LogP contribution in [0.4, 0.5) is 0 Å². The van der Waals surface area contributed by atoms with Crippen LogP contribution in [0.15, 0.2) is 0 Å². The number of rotatable bonds is 3. The molecule has 0 unspecified atom stereocenters. The zero-order valence-electron chi connectivity index (χ0n) is 5.05. The Kier molecular flexibility index (Phi) is 3.72. The summed E-state index contributed by atoms with van der Waals surface area (Å²) in [6.45, 7) is 3.72. The van der Waals surface area contributed by atoms with E-state index in [1.165, 1.54) is 0 Å². The minimum absolute atomic E-state index is 0.157. The van der Waals surface area contributed by atoms with E-state index in [1.54, 1.807) is 0 Å². The Hall–Kier alpha value is -0.160. The van der Waals surface area contributed by atoms with Gasteiger partial charge in [0.15, 0.2) is 0 Å². The summed E-state index contributed by atoms with van der Waals surface area (Å²) in [4.78, 5) is 0. The molecule has 0 atom stereocenters. The van der Waals surface area contributed by atoms with Gasteiger partial charge in [-0.05, 0) is 5.92 Å². The van der Waals surface area contributed by atoms with Crippen molar-refractivity contribution in [3.05, 3.63) is 0 Å². The summed E-state index contributed by atoms with van der Waals surface area (Å²) in [5.74, 6) is 0.157. The molecular weight excluding hydrogens is 108 g/mol. The summed E-state index contributed by atoms with van der Waals surface area (Å²) < 4.78 is 0. The molecule has 50 valence electrons. The summed E-state index contributed by atoms with van der Waals surface area (Å²) >= 11 is 0. The van der Waals surface area contributed by atoms with Crippen molar-refractivity contribution in [1.29, 1.82) is 0 Å². The summed E-state index contributed by atoms with van der Waals surface area (Å²) in [6.07, 6.45) is -0.435. The quantitative estimate of drug-likeness (QED) is 0.311. The van der Waals surface area contributed by atoms with Gasteiger partial charge in [-0.3, -0.25) is 0 Å². The highest BCUT2D eigenvalue weighted by Gasteiger charge is 2.07. The number of hydrogen-bond acceptors (Lipinski definition) is 4. The van der Waals surface area contributed by atoms with E-state index in [9.17, 15) is 0 Å². The predicted octanol–water partition coefficient (Wildman–Crippen LogP) is -0.0739. The summed E-state index contributed by atoms with van der Waals surface area (Å²) in [6, 6.07) is 0. The van der Waals surface area contributed by atoms with Crippen LogP contribution >= 0.6 is 0 Å². The van der Waals surface area contributed by atoms with Crippen LogP contribution in [0, 0.1) is 5.92 Å². The fourth-order valence-corrected chi connectivity index (χ4v) is 0.327. The average molecular weight is 120 g/mol. The predicted molar refractivity (Wildman–Crippen MR) is 28.5 cm³/mol. The van der Waals surface area contributed by atoms with Crippen LogP contribution in [-0.2, 0) is 0 Å². The van der Waals surface area contributed by atoms with Gasteiger partial charge in [0, 0.05) is 0 Å². The Morgan fingerprint density at radius 1 is 1.12 bits per heavy atom. The molecule has 0 heterocycles. The van der Waals surface area contributed by atoms with Crippen molar-refractivity contribution in [1.82, 2.24) is 11.0 Å². The molecule has 0 fully saturated rings. The zero-order chi connectivity index (χ0) is 6.57. The smallest absolute Gasteiger partial charge is 0.106 e. The monoisotopic (exact) mass is 120 g/mol. The van der Waals surface area contributed by atoms with Gasteiger partial charge in [-0.25, -0.2) is 0 Å². The molecule has 0 radical (unpaired) electrons. The molecule has 4 heteroatoms. The molecule has 0 saturated carbocycles. The minimum atomic E-state index is -0.435. The van der Waals surface area contributed by atoms with E-state index in [2.05, 4.69) is 0 Å². The van der Waals surface area contributed by atoms with Crippen molar-refractivity contribution in [2.24, 2.45) is 5.92 Å². The molecule has 0 aliphatic carbocycles. The van der Waals surface area contributed by atoms with E-state index in [-0.39, 0.29) is 5.92 Å². The summed E-state index contributed by atoms with van der Waals surface area (Å²) in [5, 5.41) is 16.4. The normalized spacial score (nSPS) is 11.2. The topological polar surface area (TPSA) is 64.5 Å². The summed E-state index contributed by atoms with van der Waals surface area (Å²) in [5.41, 5.74) is 3.78. The first-order chi connectivity index (χ1) is 3.72. The Bertz CT molecular complexity index is 54.0. The van der Waals surface area contributed by atoms with Gasteiger partial charge >= 0.3 is 0 Å². The van der Waals surface area contributed by atoms with Gasteiger partial charge in [-0.1, -0.05) is 13.8 Å². The zero-order valence-corrected chi connectivity index (χ0v) is 5.05. The van der Waals surface area contributed by atoms with Crippen molar-refractivity contribution in [2.45, 2.75) is 20.0 Å². The SMILES string of the molecule is CC(C)C(NO)NO. The van der Waals surface area contributed by atoms with Gasteiger partial charge in [0.25, 0.3) is 0 Å². The van der Waals surface area contributed by atoms with Gasteiger partial charge in [0.2, 0.25) is 0 Å². The molecule has 4 nitrogen and oxygen atoms in total. The van der Waals surface area contributed by atoms with Crippen molar-refractivity contribution >= 4 is 0 Å². The second kappa shape index (κ2) is 3.80.